The minimum atomic E-state index is -1.42. The third-order valence-corrected chi connectivity index (χ3v) is 3.75. The van der Waals surface area contributed by atoms with Gasteiger partial charge in [-0.05, 0) is 24.6 Å². The highest BCUT2D eigenvalue weighted by Gasteiger charge is 2.33. The van der Waals surface area contributed by atoms with Gasteiger partial charge in [-0.25, -0.2) is 0 Å². The van der Waals surface area contributed by atoms with Crippen molar-refractivity contribution in [2.75, 3.05) is 7.11 Å². The Kier molecular flexibility index (Phi) is 4.56. The first-order chi connectivity index (χ1) is 8.69. The minimum Gasteiger partial charge on any atom is -0.367 e. The minimum absolute atomic E-state index is 0.509. The van der Waals surface area contributed by atoms with Crippen LogP contribution in [0.4, 0.5) is 0 Å². The number of rotatable bonds is 3. The zero-order valence-electron chi connectivity index (χ0n) is 12.2. The molecule has 4 heteroatoms. The molecule has 0 saturated carbocycles. The van der Waals surface area contributed by atoms with Crippen molar-refractivity contribution in [3.63, 3.8) is 0 Å². The fraction of sp³-hybridized carbons (Fsp3) is 0.400. The Morgan fingerprint density at radius 1 is 1.37 bits per heavy atom. The first-order valence-electron chi connectivity index (χ1n) is 6.18. The Hall–Kier alpha value is -1.57. The number of ether oxygens (including phenoxy) is 1. The number of carbonyl (C=O) groups excluding carboxylic acids is 1. The largest absolute Gasteiger partial charge is 0.367 e. The van der Waals surface area contributed by atoms with Gasteiger partial charge >= 0.3 is 0 Å². The van der Waals surface area contributed by atoms with Crippen LogP contribution in [0.3, 0.4) is 0 Å². The molecule has 0 aliphatic rings. The van der Waals surface area contributed by atoms with Gasteiger partial charge in [0, 0.05) is 12.7 Å². The second-order valence-electron chi connectivity index (χ2n) is 5.68. The Balaban J connectivity index is 3.20. The lowest BCUT2D eigenvalue weighted by Crippen LogP contribution is -2.40. The Bertz CT molecular complexity index is 537. The van der Waals surface area contributed by atoms with Crippen LogP contribution in [-0.2, 0) is 15.1 Å². The van der Waals surface area contributed by atoms with Gasteiger partial charge in [-0.15, -0.1) is 5.54 Å². The molecule has 102 valence electrons. The fourth-order valence-corrected chi connectivity index (χ4v) is 2.03. The molecule has 2 N–H and O–H groups in total. The molecule has 19 heavy (non-hydrogen) atoms. The van der Waals surface area contributed by atoms with Crippen LogP contribution >= 0.6 is 0 Å². The molecular weight excluding hydrogens is 254 g/mol. The molecule has 0 spiro atoms. The molecule has 0 radical (unpaired) electrons. The molecule has 1 amide bonds. The maximum Gasteiger partial charge on any atom is 0.254 e. The summed E-state index contributed by atoms with van der Waals surface area (Å²) in [4.78, 5) is 11.5. The van der Waals surface area contributed by atoms with E-state index >= 15 is 0 Å². The molecule has 1 aromatic carbocycles. The van der Waals surface area contributed by atoms with Gasteiger partial charge in [-0.2, -0.15) is 0 Å². The number of nitrogens with two attached hydrogens (primary N) is 1. The summed E-state index contributed by atoms with van der Waals surface area (Å²) in [6.45, 7) is 8.23. The lowest BCUT2D eigenvalue weighted by molar-refractivity contribution is -0.139. The van der Waals surface area contributed by atoms with Crippen LogP contribution < -0.4 is 5.73 Å². The summed E-state index contributed by atoms with van der Waals surface area (Å²) >= 11 is 0. The van der Waals surface area contributed by atoms with Gasteiger partial charge in [-0.3, -0.25) is 4.79 Å². The first kappa shape index (κ1) is 15.5. The summed E-state index contributed by atoms with van der Waals surface area (Å²) in [5, 5.41) is 0. The maximum atomic E-state index is 11.5. The average Bonchev–Trinajstić information content (AvgIpc) is 2.34. The highest BCUT2D eigenvalue weighted by molar-refractivity contribution is 6.83. The summed E-state index contributed by atoms with van der Waals surface area (Å²) in [5.74, 6) is 2.66. The third kappa shape index (κ3) is 3.95. The second kappa shape index (κ2) is 5.60. The van der Waals surface area contributed by atoms with Crippen molar-refractivity contribution in [3.8, 4) is 11.5 Å². The molecule has 1 unspecified atom stereocenters. The average molecular weight is 275 g/mol. The van der Waals surface area contributed by atoms with Gasteiger partial charge < -0.3 is 10.5 Å². The van der Waals surface area contributed by atoms with Crippen molar-refractivity contribution >= 4 is 14.0 Å². The molecular formula is C15H21NO2Si. The summed E-state index contributed by atoms with van der Waals surface area (Å²) in [6.07, 6.45) is 0. The van der Waals surface area contributed by atoms with Crippen LogP contribution in [0.15, 0.2) is 24.3 Å². The van der Waals surface area contributed by atoms with Crippen LogP contribution in [0, 0.1) is 11.5 Å². The predicted octanol–water partition coefficient (Wildman–Crippen LogP) is 2.26. The van der Waals surface area contributed by atoms with Crippen molar-refractivity contribution in [2.45, 2.75) is 32.2 Å². The SMILES string of the molecule is COC(C)(C(N)=O)c1cccc(C#C[Si](C)(C)C)c1. The van der Waals surface area contributed by atoms with Crippen LogP contribution in [0.2, 0.25) is 19.6 Å². The van der Waals surface area contributed by atoms with E-state index < -0.39 is 19.6 Å². The molecule has 3 nitrogen and oxygen atoms in total. The van der Waals surface area contributed by atoms with E-state index in [0.29, 0.717) is 0 Å². The predicted molar refractivity (Wildman–Crippen MR) is 80.2 cm³/mol. The number of hydrogen-bond donors (Lipinski definition) is 1. The van der Waals surface area contributed by atoms with E-state index in [1.807, 2.05) is 24.3 Å². The summed E-state index contributed by atoms with van der Waals surface area (Å²) in [7, 11) is 0.0600. The van der Waals surface area contributed by atoms with Crippen molar-refractivity contribution in [1.29, 1.82) is 0 Å². The summed E-state index contributed by atoms with van der Waals surface area (Å²) in [6, 6.07) is 7.48. The number of amides is 1. The molecule has 0 heterocycles. The van der Waals surface area contributed by atoms with Gasteiger partial charge in [0.25, 0.3) is 5.91 Å². The summed E-state index contributed by atoms with van der Waals surface area (Å²) < 4.78 is 5.27. The molecule has 0 aliphatic carbocycles. The van der Waals surface area contributed by atoms with E-state index in [1.54, 1.807) is 6.92 Å². The molecule has 1 rings (SSSR count). The Morgan fingerprint density at radius 2 is 2.00 bits per heavy atom. The van der Waals surface area contributed by atoms with Crippen molar-refractivity contribution < 1.29 is 9.53 Å². The number of benzene rings is 1. The normalized spacial score (nSPS) is 14.2. The molecule has 0 bridgehead atoms. The lowest BCUT2D eigenvalue weighted by atomic mass is 9.93. The van der Waals surface area contributed by atoms with Crippen molar-refractivity contribution in [1.82, 2.24) is 0 Å². The topological polar surface area (TPSA) is 52.3 Å². The number of carbonyl (C=O) groups is 1. The van der Waals surface area contributed by atoms with E-state index in [-0.39, 0.29) is 0 Å². The van der Waals surface area contributed by atoms with Gasteiger partial charge in [-0.1, -0.05) is 37.7 Å². The van der Waals surface area contributed by atoms with Crippen LogP contribution in [0.1, 0.15) is 18.1 Å². The number of primary amides is 1. The molecule has 0 saturated heterocycles. The van der Waals surface area contributed by atoms with Gasteiger partial charge in [0.15, 0.2) is 5.60 Å². The zero-order valence-corrected chi connectivity index (χ0v) is 13.2. The van der Waals surface area contributed by atoms with E-state index in [1.165, 1.54) is 7.11 Å². The van der Waals surface area contributed by atoms with E-state index in [2.05, 4.69) is 31.1 Å². The molecule has 0 fully saturated rings. The number of hydrogen-bond acceptors (Lipinski definition) is 2. The smallest absolute Gasteiger partial charge is 0.254 e. The van der Waals surface area contributed by atoms with Crippen LogP contribution in [-0.4, -0.2) is 21.1 Å². The van der Waals surface area contributed by atoms with Crippen molar-refractivity contribution in [3.05, 3.63) is 35.4 Å². The highest BCUT2D eigenvalue weighted by Crippen LogP contribution is 2.24. The third-order valence-electron chi connectivity index (χ3n) is 2.87. The van der Waals surface area contributed by atoms with Crippen LogP contribution in [0.25, 0.3) is 0 Å². The lowest BCUT2D eigenvalue weighted by Gasteiger charge is -2.24. The molecule has 0 aliphatic heterocycles. The molecule has 0 aromatic heterocycles. The van der Waals surface area contributed by atoms with Crippen LogP contribution in [0.5, 0.6) is 0 Å². The standard InChI is InChI=1S/C15H21NO2Si/c1-15(18-2,14(16)17)13-8-6-7-12(11-13)9-10-19(3,4)5/h6-8,11H,1-5H3,(H2,16,17). The van der Waals surface area contributed by atoms with Gasteiger partial charge in [0.1, 0.15) is 8.07 Å². The number of methoxy groups -OCH3 is 1. The second-order valence-corrected chi connectivity index (χ2v) is 10.4. The molecule has 1 atom stereocenters. The van der Waals surface area contributed by atoms with E-state index in [0.717, 1.165) is 11.1 Å². The van der Waals surface area contributed by atoms with Gasteiger partial charge in [0.2, 0.25) is 0 Å². The van der Waals surface area contributed by atoms with Crippen molar-refractivity contribution in [2.24, 2.45) is 5.73 Å². The summed E-state index contributed by atoms with van der Waals surface area (Å²) in [5.41, 5.74) is 9.20. The fourth-order valence-electron chi connectivity index (χ4n) is 1.51. The van der Waals surface area contributed by atoms with Gasteiger partial charge in [0.05, 0.1) is 0 Å². The Labute approximate surface area is 116 Å². The van der Waals surface area contributed by atoms with E-state index in [9.17, 15) is 4.79 Å². The van der Waals surface area contributed by atoms with E-state index in [4.69, 9.17) is 10.5 Å². The highest BCUT2D eigenvalue weighted by atomic mass is 28.3. The maximum absolute atomic E-state index is 11.5. The molecule has 1 aromatic rings. The first-order valence-corrected chi connectivity index (χ1v) is 9.68. The quantitative estimate of drug-likeness (QED) is 0.679. The Morgan fingerprint density at radius 3 is 2.47 bits per heavy atom. The zero-order chi connectivity index (χ0) is 14.7. The monoisotopic (exact) mass is 275 g/mol.